The van der Waals surface area contributed by atoms with Crippen LogP contribution < -0.4 is 11.1 Å². The highest BCUT2D eigenvalue weighted by Gasteiger charge is 2.38. The largest absolute Gasteiger partial charge is 0.417 e. The van der Waals surface area contributed by atoms with Crippen molar-refractivity contribution in [2.75, 3.05) is 0 Å². The average molecular weight is 563 g/mol. The molecule has 5 rings (SSSR count). The number of rotatable bonds is 6. The topological polar surface area (TPSA) is 98.2 Å². The summed E-state index contributed by atoms with van der Waals surface area (Å²) < 4.78 is 57.5. The number of aryl methyl sites for hydroxylation is 1. The van der Waals surface area contributed by atoms with Gasteiger partial charge in [0, 0.05) is 42.8 Å². The quantitative estimate of drug-likeness (QED) is 0.239. The summed E-state index contributed by atoms with van der Waals surface area (Å²) in [7, 11) is 1.54. The van der Waals surface area contributed by atoms with Gasteiger partial charge in [-0.3, -0.25) is 19.5 Å². The van der Waals surface area contributed by atoms with E-state index in [4.69, 9.17) is 5.73 Å². The number of benzene rings is 2. The van der Waals surface area contributed by atoms with Gasteiger partial charge in [0.05, 0.1) is 28.6 Å². The Bertz CT molecular complexity index is 1610. The predicted molar refractivity (Wildman–Crippen MR) is 147 cm³/mol. The van der Waals surface area contributed by atoms with Crippen molar-refractivity contribution in [2.45, 2.75) is 30.7 Å². The zero-order valence-electron chi connectivity index (χ0n) is 22.1. The monoisotopic (exact) mass is 562 g/mol. The number of nitrogens with zero attached hydrogens (tertiary/aromatic N) is 4. The van der Waals surface area contributed by atoms with E-state index >= 15 is 0 Å². The molecule has 4 aromatic rings. The standard InChI is InChI=1S/C30H26F4N6O/c1-18(35)29(12-10-26(37-17-29)20-8-9-25(36-16-20)19-6-4-3-5-7-19)38-28(41)22-14-21(27-11-13-40(2)39-27)23(15-24(22)31)30(32,33)34/h3-18,26H,35H2,1-2H3,(H,38,41). The van der Waals surface area contributed by atoms with E-state index in [-0.39, 0.29) is 5.69 Å². The van der Waals surface area contributed by atoms with E-state index in [1.807, 2.05) is 42.5 Å². The molecule has 0 saturated heterocycles. The maximum absolute atomic E-state index is 15.0. The lowest BCUT2D eigenvalue weighted by atomic mass is 9.88. The summed E-state index contributed by atoms with van der Waals surface area (Å²) in [5.74, 6) is -2.28. The minimum atomic E-state index is -4.86. The predicted octanol–water partition coefficient (Wildman–Crippen LogP) is 5.50. The summed E-state index contributed by atoms with van der Waals surface area (Å²) in [6.45, 7) is 1.63. The van der Waals surface area contributed by atoms with Crippen molar-refractivity contribution < 1.29 is 22.4 Å². The van der Waals surface area contributed by atoms with Gasteiger partial charge in [-0.25, -0.2) is 4.39 Å². The van der Waals surface area contributed by atoms with Gasteiger partial charge in [0.25, 0.3) is 5.91 Å². The van der Waals surface area contributed by atoms with Crippen molar-refractivity contribution in [1.29, 1.82) is 0 Å². The fourth-order valence-electron chi connectivity index (χ4n) is 4.58. The van der Waals surface area contributed by atoms with Crippen molar-refractivity contribution in [3.63, 3.8) is 0 Å². The number of dihydropyridines is 1. The summed E-state index contributed by atoms with van der Waals surface area (Å²) in [4.78, 5) is 22.4. The average Bonchev–Trinajstić information content (AvgIpc) is 3.39. The number of aromatic nitrogens is 3. The zero-order valence-corrected chi connectivity index (χ0v) is 22.1. The molecule has 3 N–H and O–H groups in total. The first-order chi connectivity index (χ1) is 19.5. The molecule has 1 amide bonds. The number of pyridine rings is 1. The van der Waals surface area contributed by atoms with Gasteiger partial charge in [-0.2, -0.15) is 18.3 Å². The highest BCUT2D eigenvalue weighted by molar-refractivity contribution is 5.99. The number of amides is 1. The smallest absolute Gasteiger partial charge is 0.336 e. The molecule has 210 valence electrons. The fraction of sp³-hybridized carbons (Fsp3) is 0.200. The number of carbonyl (C=O) groups is 1. The molecule has 7 nitrogen and oxygen atoms in total. The van der Waals surface area contributed by atoms with E-state index in [1.54, 1.807) is 25.3 Å². The maximum atomic E-state index is 15.0. The number of aliphatic imine (C=N–C) groups is 1. The molecule has 1 aliphatic rings. The molecule has 1 aliphatic heterocycles. The van der Waals surface area contributed by atoms with Gasteiger partial charge >= 0.3 is 6.18 Å². The van der Waals surface area contributed by atoms with Crippen LogP contribution in [0.15, 0.2) is 90.2 Å². The Morgan fingerprint density at radius 3 is 2.41 bits per heavy atom. The van der Waals surface area contributed by atoms with Gasteiger partial charge in [-0.15, -0.1) is 0 Å². The molecule has 11 heteroatoms. The highest BCUT2D eigenvalue weighted by atomic mass is 19.4. The highest BCUT2D eigenvalue weighted by Crippen LogP contribution is 2.38. The first-order valence-electron chi connectivity index (χ1n) is 12.7. The van der Waals surface area contributed by atoms with Gasteiger partial charge in [0.15, 0.2) is 0 Å². The molecule has 0 fully saturated rings. The maximum Gasteiger partial charge on any atom is 0.417 e. The fourth-order valence-corrected chi connectivity index (χ4v) is 4.58. The number of alkyl halides is 3. The van der Waals surface area contributed by atoms with Gasteiger partial charge in [0.1, 0.15) is 11.4 Å². The number of hydrogen-bond donors (Lipinski definition) is 2. The summed E-state index contributed by atoms with van der Waals surface area (Å²) >= 11 is 0. The molecular formula is C30H26F4N6O. The molecule has 2 aromatic heterocycles. The Balaban J connectivity index is 1.41. The second-order valence-electron chi connectivity index (χ2n) is 9.85. The van der Waals surface area contributed by atoms with Crippen LogP contribution >= 0.6 is 0 Å². The first kappa shape index (κ1) is 27.9. The molecule has 3 unspecified atom stereocenters. The van der Waals surface area contributed by atoms with E-state index in [0.717, 1.165) is 22.9 Å². The number of carbonyl (C=O) groups excluding carboxylic acids is 1. The molecule has 0 aliphatic carbocycles. The molecule has 3 atom stereocenters. The molecule has 0 radical (unpaired) electrons. The number of nitrogens with two attached hydrogens (primary N) is 1. The first-order valence-corrected chi connectivity index (χ1v) is 12.7. The molecule has 41 heavy (non-hydrogen) atoms. The van der Waals surface area contributed by atoms with Crippen molar-refractivity contribution >= 4 is 12.1 Å². The minimum Gasteiger partial charge on any atom is -0.336 e. The third kappa shape index (κ3) is 5.66. The van der Waals surface area contributed by atoms with Crippen LogP contribution in [0.5, 0.6) is 0 Å². The molecule has 0 bridgehead atoms. The van der Waals surface area contributed by atoms with Crippen molar-refractivity contribution in [2.24, 2.45) is 17.8 Å². The van der Waals surface area contributed by atoms with Crippen molar-refractivity contribution in [3.8, 4) is 22.5 Å². The minimum absolute atomic E-state index is 0.0513. The lowest BCUT2D eigenvalue weighted by Gasteiger charge is -2.35. The zero-order chi connectivity index (χ0) is 29.4. The third-order valence-electron chi connectivity index (χ3n) is 6.93. The van der Waals surface area contributed by atoms with Crippen LogP contribution in [0.25, 0.3) is 22.5 Å². The number of nitrogens with one attached hydrogen (secondary N) is 1. The molecule has 0 spiro atoms. The van der Waals surface area contributed by atoms with Crippen molar-refractivity contribution in [1.82, 2.24) is 20.1 Å². The van der Waals surface area contributed by atoms with Gasteiger partial charge < -0.3 is 11.1 Å². The Kier molecular flexibility index (Phi) is 7.31. The molecule has 2 aromatic carbocycles. The second-order valence-corrected chi connectivity index (χ2v) is 9.85. The van der Waals surface area contributed by atoms with Gasteiger partial charge in [-0.05, 0) is 36.8 Å². The summed E-state index contributed by atoms with van der Waals surface area (Å²) in [6.07, 6.45) is 3.16. The Labute approximate surface area is 233 Å². The number of hydrogen-bond acceptors (Lipinski definition) is 5. The summed E-state index contributed by atoms with van der Waals surface area (Å²) in [6, 6.07) is 14.9. The second kappa shape index (κ2) is 10.7. The molecule has 3 heterocycles. The van der Waals surface area contributed by atoms with Crippen LogP contribution in [0.1, 0.15) is 34.5 Å². The molecular weight excluding hydrogens is 536 g/mol. The van der Waals surface area contributed by atoms with Crippen LogP contribution in [0, 0.1) is 5.82 Å². The lowest BCUT2D eigenvalue weighted by molar-refractivity contribution is -0.137. The van der Waals surface area contributed by atoms with E-state index in [9.17, 15) is 22.4 Å². The Hall–Kier alpha value is -4.64. The van der Waals surface area contributed by atoms with E-state index in [1.165, 1.54) is 30.2 Å². The van der Waals surface area contributed by atoms with E-state index in [2.05, 4.69) is 20.4 Å². The van der Waals surface area contributed by atoms with Crippen LogP contribution in [0.3, 0.4) is 0 Å². The van der Waals surface area contributed by atoms with Gasteiger partial charge in [0.2, 0.25) is 0 Å². The SMILES string of the molecule is CC(N)C1(NC(=O)c2cc(-c3ccn(C)n3)c(C(F)(F)F)cc2F)C=CC(c2ccc(-c3ccccc3)nc2)N=C1. The summed E-state index contributed by atoms with van der Waals surface area (Å²) in [5.41, 5.74) is 5.20. The normalized spacial score (nSPS) is 19.2. The van der Waals surface area contributed by atoms with Crippen LogP contribution in [-0.2, 0) is 13.2 Å². The number of halogens is 4. The third-order valence-corrected chi connectivity index (χ3v) is 6.93. The van der Waals surface area contributed by atoms with E-state index < -0.39 is 52.2 Å². The van der Waals surface area contributed by atoms with Crippen LogP contribution in [-0.4, -0.2) is 38.5 Å². The molecule has 0 saturated carbocycles. The Morgan fingerprint density at radius 2 is 1.85 bits per heavy atom. The summed E-state index contributed by atoms with van der Waals surface area (Å²) in [5, 5.41) is 6.68. The van der Waals surface area contributed by atoms with Crippen LogP contribution in [0.2, 0.25) is 0 Å². The Morgan fingerprint density at radius 1 is 1.10 bits per heavy atom. The van der Waals surface area contributed by atoms with E-state index in [0.29, 0.717) is 6.07 Å². The van der Waals surface area contributed by atoms with Gasteiger partial charge in [-0.1, -0.05) is 48.6 Å². The van der Waals surface area contributed by atoms with Crippen molar-refractivity contribution in [3.05, 3.63) is 108 Å². The lowest BCUT2D eigenvalue weighted by Crippen LogP contribution is -2.59. The van der Waals surface area contributed by atoms with Crippen LogP contribution in [0.4, 0.5) is 17.6 Å².